The first-order valence-electron chi connectivity index (χ1n) is 4.80. The third kappa shape index (κ3) is 4.45. The Bertz CT molecular complexity index is 269. The molecular formula is C12H15ClO. The van der Waals surface area contributed by atoms with Crippen molar-refractivity contribution in [2.24, 2.45) is 0 Å². The summed E-state index contributed by atoms with van der Waals surface area (Å²) < 4.78 is 0. The van der Waals surface area contributed by atoms with Crippen molar-refractivity contribution < 1.29 is 5.11 Å². The zero-order valence-electron chi connectivity index (χ0n) is 8.07. The predicted octanol–water partition coefficient (Wildman–Crippen LogP) is 3.12. The summed E-state index contributed by atoms with van der Waals surface area (Å²) in [4.78, 5) is 0. The molecule has 1 nitrogen and oxygen atoms in total. The van der Waals surface area contributed by atoms with Gasteiger partial charge in [-0.3, -0.25) is 0 Å². The Balaban J connectivity index is 2.27. The first-order chi connectivity index (χ1) is 6.83. The zero-order valence-corrected chi connectivity index (χ0v) is 8.82. The molecule has 1 aromatic carbocycles. The van der Waals surface area contributed by atoms with Gasteiger partial charge in [0, 0.05) is 5.54 Å². The normalized spacial score (nSPS) is 13.3. The van der Waals surface area contributed by atoms with Crippen LogP contribution in [-0.2, 0) is 6.42 Å². The van der Waals surface area contributed by atoms with Gasteiger partial charge in [0.2, 0.25) is 0 Å². The van der Waals surface area contributed by atoms with Crippen LogP contribution < -0.4 is 0 Å². The fourth-order valence-corrected chi connectivity index (χ4v) is 1.41. The van der Waals surface area contributed by atoms with E-state index in [4.69, 9.17) is 11.6 Å². The number of halogens is 1. The largest absolute Gasteiger partial charge is 0.393 e. The Labute approximate surface area is 90.0 Å². The highest BCUT2D eigenvalue weighted by molar-refractivity contribution is 6.25. The number of aliphatic hydroxyl groups is 1. The molecule has 0 bridgehead atoms. The Hall–Kier alpha value is -0.790. The third-order valence-electron chi connectivity index (χ3n) is 2.11. The van der Waals surface area contributed by atoms with Crippen LogP contribution in [-0.4, -0.2) is 11.2 Å². The average molecular weight is 211 g/mol. The number of aryl methyl sites for hydroxylation is 1. The number of hydrogen-bond donors (Lipinski definition) is 1. The first kappa shape index (κ1) is 11.3. The maximum absolute atomic E-state index is 9.53. The smallest absolute Gasteiger partial charge is 0.0578 e. The van der Waals surface area contributed by atoms with Gasteiger partial charge in [0.1, 0.15) is 0 Å². The van der Waals surface area contributed by atoms with Crippen molar-refractivity contribution in [2.75, 3.05) is 0 Å². The van der Waals surface area contributed by atoms with Crippen molar-refractivity contribution in [2.45, 2.75) is 25.4 Å². The SMILES string of the molecule is O[C@@H](C/C=C\Cl)CCc1ccccc1. The molecule has 0 aliphatic rings. The summed E-state index contributed by atoms with van der Waals surface area (Å²) >= 11 is 5.37. The van der Waals surface area contributed by atoms with E-state index in [-0.39, 0.29) is 6.10 Å². The lowest BCUT2D eigenvalue weighted by molar-refractivity contribution is 0.168. The van der Waals surface area contributed by atoms with E-state index in [1.165, 1.54) is 11.1 Å². The van der Waals surface area contributed by atoms with Gasteiger partial charge in [-0.05, 0) is 24.8 Å². The molecule has 2 heteroatoms. The Kier molecular flexibility index (Phi) is 5.35. The molecule has 0 saturated heterocycles. The van der Waals surface area contributed by atoms with E-state index >= 15 is 0 Å². The molecule has 0 radical (unpaired) electrons. The van der Waals surface area contributed by atoms with Crippen LogP contribution in [0.5, 0.6) is 0 Å². The molecule has 0 aromatic heterocycles. The topological polar surface area (TPSA) is 20.2 Å². The van der Waals surface area contributed by atoms with Gasteiger partial charge in [-0.25, -0.2) is 0 Å². The molecule has 0 amide bonds. The molecule has 0 aliphatic heterocycles. The number of rotatable bonds is 5. The van der Waals surface area contributed by atoms with Gasteiger partial charge in [0.05, 0.1) is 6.10 Å². The second kappa shape index (κ2) is 6.63. The van der Waals surface area contributed by atoms with E-state index in [9.17, 15) is 5.11 Å². The van der Waals surface area contributed by atoms with Crippen LogP contribution in [0.15, 0.2) is 41.9 Å². The molecule has 14 heavy (non-hydrogen) atoms. The van der Waals surface area contributed by atoms with Gasteiger partial charge < -0.3 is 5.11 Å². The summed E-state index contributed by atoms with van der Waals surface area (Å²) in [6.45, 7) is 0. The highest BCUT2D eigenvalue weighted by atomic mass is 35.5. The van der Waals surface area contributed by atoms with Gasteiger partial charge >= 0.3 is 0 Å². The van der Waals surface area contributed by atoms with Gasteiger partial charge in [-0.15, -0.1) is 0 Å². The monoisotopic (exact) mass is 210 g/mol. The van der Waals surface area contributed by atoms with E-state index in [1.807, 2.05) is 18.2 Å². The summed E-state index contributed by atoms with van der Waals surface area (Å²) in [6, 6.07) is 10.2. The molecule has 1 N–H and O–H groups in total. The van der Waals surface area contributed by atoms with Crippen molar-refractivity contribution in [1.82, 2.24) is 0 Å². The fraction of sp³-hybridized carbons (Fsp3) is 0.333. The summed E-state index contributed by atoms with van der Waals surface area (Å²) in [5.41, 5.74) is 2.72. The maximum Gasteiger partial charge on any atom is 0.0578 e. The van der Waals surface area contributed by atoms with Gasteiger partial charge in [-0.1, -0.05) is 48.0 Å². The Morgan fingerprint density at radius 1 is 1.29 bits per heavy atom. The molecule has 0 spiro atoms. The second-order valence-corrected chi connectivity index (χ2v) is 3.53. The van der Waals surface area contributed by atoms with Crippen LogP contribution in [0, 0.1) is 0 Å². The second-order valence-electron chi connectivity index (χ2n) is 3.28. The van der Waals surface area contributed by atoms with Gasteiger partial charge in [0.25, 0.3) is 0 Å². The minimum atomic E-state index is -0.287. The van der Waals surface area contributed by atoms with Gasteiger partial charge in [0.15, 0.2) is 0 Å². The van der Waals surface area contributed by atoms with Crippen molar-refractivity contribution in [3.05, 3.63) is 47.5 Å². The molecule has 0 fully saturated rings. The molecule has 0 saturated carbocycles. The van der Waals surface area contributed by atoms with Crippen molar-refractivity contribution in [1.29, 1.82) is 0 Å². The van der Waals surface area contributed by atoms with Crippen LogP contribution in [0.25, 0.3) is 0 Å². The summed E-state index contributed by atoms with van der Waals surface area (Å²) in [6.07, 6.45) is 3.82. The Morgan fingerprint density at radius 3 is 2.64 bits per heavy atom. The van der Waals surface area contributed by atoms with Crippen LogP contribution >= 0.6 is 11.6 Å². The minimum absolute atomic E-state index is 0.287. The highest BCUT2D eigenvalue weighted by Gasteiger charge is 2.01. The van der Waals surface area contributed by atoms with E-state index in [2.05, 4.69) is 12.1 Å². The summed E-state index contributed by atoms with van der Waals surface area (Å²) in [5.74, 6) is 0. The highest BCUT2D eigenvalue weighted by Crippen LogP contribution is 2.07. The van der Waals surface area contributed by atoms with Crippen LogP contribution in [0.2, 0.25) is 0 Å². The van der Waals surface area contributed by atoms with Crippen LogP contribution in [0.1, 0.15) is 18.4 Å². The van der Waals surface area contributed by atoms with Crippen LogP contribution in [0.3, 0.4) is 0 Å². The van der Waals surface area contributed by atoms with Crippen molar-refractivity contribution >= 4 is 11.6 Å². The Morgan fingerprint density at radius 2 is 2.00 bits per heavy atom. The van der Waals surface area contributed by atoms with Crippen molar-refractivity contribution in [3.8, 4) is 0 Å². The maximum atomic E-state index is 9.53. The van der Waals surface area contributed by atoms with E-state index < -0.39 is 0 Å². The number of benzene rings is 1. The molecule has 0 heterocycles. The predicted molar refractivity (Wildman–Crippen MR) is 60.4 cm³/mol. The number of hydrogen-bond acceptors (Lipinski definition) is 1. The lowest BCUT2D eigenvalue weighted by Crippen LogP contribution is -2.06. The lowest BCUT2D eigenvalue weighted by Gasteiger charge is -2.07. The third-order valence-corrected chi connectivity index (χ3v) is 2.28. The van der Waals surface area contributed by atoms with E-state index in [1.54, 1.807) is 6.08 Å². The average Bonchev–Trinajstić information content (AvgIpc) is 2.25. The summed E-state index contributed by atoms with van der Waals surface area (Å²) in [7, 11) is 0. The van der Waals surface area contributed by atoms with Crippen LogP contribution in [0.4, 0.5) is 0 Å². The van der Waals surface area contributed by atoms with E-state index in [0.29, 0.717) is 6.42 Å². The molecule has 0 aliphatic carbocycles. The first-order valence-corrected chi connectivity index (χ1v) is 5.24. The van der Waals surface area contributed by atoms with Gasteiger partial charge in [-0.2, -0.15) is 0 Å². The zero-order chi connectivity index (χ0) is 10.2. The molecule has 0 unspecified atom stereocenters. The van der Waals surface area contributed by atoms with Crippen molar-refractivity contribution in [3.63, 3.8) is 0 Å². The molecule has 1 aromatic rings. The van der Waals surface area contributed by atoms with E-state index in [0.717, 1.165) is 12.8 Å². The molecule has 1 rings (SSSR count). The number of aliphatic hydroxyl groups excluding tert-OH is 1. The lowest BCUT2D eigenvalue weighted by atomic mass is 10.1. The molecule has 76 valence electrons. The summed E-state index contributed by atoms with van der Waals surface area (Å²) in [5, 5.41) is 9.53. The quantitative estimate of drug-likeness (QED) is 0.792. The molecule has 1 atom stereocenters. The fourth-order valence-electron chi connectivity index (χ4n) is 1.30. The minimum Gasteiger partial charge on any atom is -0.393 e. The standard InChI is InChI=1S/C12H15ClO/c13-10-4-7-12(14)9-8-11-5-2-1-3-6-11/h1-6,10,12,14H,7-9H2/b10-4-/t12-/m0/s1. The molecular weight excluding hydrogens is 196 g/mol.